The summed E-state index contributed by atoms with van der Waals surface area (Å²) in [4.78, 5) is 8.44. The summed E-state index contributed by atoms with van der Waals surface area (Å²) in [5.74, 6) is 1.28. The molecule has 0 spiro atoms. The van der Waals surface area contributed by atoms with Crippen molar-refractivity contribution in [1.29, 1.82) is 0 Å². The summed E-state index contributed by atoms with van der Waals surface area (Å²) >= 11 is 0. The standard InChI is InChI=1S/C24H30N4O4/c29-21(15-25-13-19-5-1-3-11-27-19)17-31-23-7-9-24(10-8-23)32-18-22(30)16-26-14-20-6-2-4-12-28-20/h1-12,21-22,25-26,29-30H,13-18H2/t21-,22-/m1/s1. The normalized spacial score (nSPS) is 12.8. The van der Waals surface area contributed by atoms with Gasteiger partial charge in [0.05, 0.1) is 11.4 Å². The van der Waals surface area contributed by atoms with E-state index in [2.05, 4.69) is 20.6 Å². The van der Waals surface area contributed by atoms with Crippen molar-refractivity contribution in [3.63, 3.8) is 0 Å². The third-order valence-electron chi connectivity index (χ3n) is 4.53. The number of ether oxygens (including phenoxy) is 2. The van der Waals surface area contributed by atoms with E-state index in [1.54, 1.807) is 36.7 Å². The minimum atomic E-state index is -0.636. The van der Waals surface area contributed by atoms with Crippen molar-refractivity contribution in [2.75, 3.05) is 26.3 Å². The fraction of sp³-hybridized carbons (Fsp3) is 0.333. The molecular weight excluding hydrogens is 408 g/mol. The van der Waals surface area contributed by atoms with Crippen molar-refractivity contribution in [3.8, 4) is 11.5 Å². The Labute approximate surface area is 188 Å². The number of nitrogens with one attached hydrogen (secondary N) is 2. The van der Waals surface area contributed by atoms with E-state index in [4.69, 9.17) is 9.47 Å². The van der Waals surface area contributed by atoms with E-state index in [9.17, 15) is 10.2 Å². The van der Waals surface area contributed by atoms with Gasteiger partial charge in [-0.1, -0.05) is 12.1 Å². The van der Waals surface area contributed by atoms with Gasteiger partial charge in [-0.05, 0) is 48.5 Å². The number of benzene rings is 1. The molecule has 2 heterocycles. The van der Waals surface area contributed by atoms with Gasteiger partial charge in [-0.2, -0.15) is 0 Å². The Bertz CT molecular complexity index is 807. The first-order valence-electron chi connectivity index (χ1n) is 10.6. The molecule has 8 nitrogen and oxygen atoms in total. The molecular formula is C24H30N4O4. The monoisotopic (exact) mass is 438 g/mol. The highest BCUT2D eigenvalue weighted by Crippen LogP contribution is 2.18. The van der Waals surface area contributed by atoms with E-state index in [1.165, 1.54) is 0 Å². The molecule has 170 valence electrons. The number of rotatable bonds is 14. The van der Waals surface area contributed by atoms with E-state index in [0.717, 1.165) is 11.4 Å². The molecule has 4 N–H and O–H groups in total. The van der Waals surface area contributed by atoms with Crippen LogP contribution in [0, 0.1) is 0 Å². The highest BCUT2D eigenvalue weighted by atomic mass is 16.5. The van der Waals surface area contributed by atoms with Crippen molar-refractivity contribution in [2.45, 2.75) is 25.3 Å². The minimum Gasteiger partial charge on any atom is -0.491 e. The second kappa shape index (κ2) is 13.4. The van der Waals surface area contributed by atoms with Crippen LogP contribution in [-0.4, -0.2) is 58.7 Å². The van der Waals surface area contributed by atoms with Gasteiger partial charge < -0.3 is 30.3 Å². The predicted molar refractivity (Wildman–Crippen MR) is 121 cm³/mol. The van der Waals surface area contributed by atoms with Crippen LogP contribution in [-0.2, 0) is 13.1 Å². The maximum Gasteiger partial charge on any atom is 0.119 e. The van der Waals surface area contributed by atoms with Crippen molar-refractivity contribution in [3.05, 3.63) is 84.4 Å². The Hall–Kier alpha value is -3.04. The Balaban J connectivity index is 1.27. The third kappa shape index (κ3) is 8.99. The van der Waals surface area contributed by atoms with Crippen molar-refractivity contribution >= 4 is 0 Å². The number of aliphatic hydroxyl groups is 2. The average Bonchev–Trinajstić information content (AvgIpc) is 2.83. The quantitative estimate of drug-likeness (QED) is 0.300. The van der Waals surface area contributed by atoms with Crippen LogP contribution in [0.4, 0.5) is 0 Å². The number of aliphatic hydroxyl groups excluding tert-OH is 2. The zero-order chi connectivity index (χ0) is 22.4. The third-order valence-corrected chi connectivity index (χ3v) is 4.53. The molecule has 0 aliphatic heterocycles. The maximum atomic E-state index is 10.1. The molecule has 0 aliphatic rings. The van der Waals surface area contributed by atoms with E-state index in [0.29, 0.717) is 37.7 Å². The van der Waals surface area contributed by atoms with Gasteiger partial charge in [-0.15, -0.1) is 0 Å². The second-order valence-electron chi connectivity index (χ2n) is 7.31. The van der Waals surface area contributed by atoms with Gasteiger partial charge in [0.2, 0.25) is 0 Å². The second-order valence-corrected chi connectivity index (χ2v) is 7.31. The van der Waals surface area contributed by atoms with Crippen LogP contribution < -0.4 is 20.1 Å². The summed E-state index contributed by atoms with van der Waals surface area (Å²) in [6, 6.07) is 18.5. The number of nitrogens with zero attached hydrogens (tertiary/aromatic N) is 2. The lowest BCUT2D eigenvalue weighted by Crippen LogP contribution is -2.31. The van der Waals surface area contributed by atoms with Gasteiger partial charge >= 0.3 is 0 Å². The topological polar surface area (TPSA) is 109 Å². The molecule has 0 unspecified atom stereocenters. The molecule has 8 heteroatoms. The first-order valence-corrected chi connectivity index (χ1v) is 10.6. The molecule has 0 saturated heterocycles. The SMILES string of the molecule is O[C@H](CNCc1ccccn1)COc1ccc(OC[C@H](O)CNCc2ccccn2)cc1. The molecule has 2 atom stereocenters. The minimum absolute atomic E-state index is 0.177. The smallest absolute Gasteiger partial charge is 0.119 e. The molecule has 3 rings (SSSR count). The van der Waals surface area contributed by atoms with Gasteiger partial charge in [0, 0.05) is 38.6 Å². The van der Waals surface area contributed by atoms with Crippen LogP contribution in [0.3, 0.4) is 0 Å². The lowest BCUT2D eigenvalue weighted by atomic mass is 10.3. The van der Waals surface area contributed by atoms with E-state index in [-0.39, 0.29) is 13.2 Å². The summed E-state index contributed by atoms with van der Waals surface area (Å²) in [6.07, 6.45) is 2.21. The van der Waals surface area contributed by atoms with Crippen LogP contribution >= 0.6 is 0 Å². The number of hydrogen-bond donors (Lipinski definition) is 4. The highest BCUT2D eigenvalue weighted by Gasteiger charge is 2.07. The molecule has 0 radical (unpaired) electrons. The largest absolute Gasteiger partial charge is 0.491 e. The predicted octanol–water partition coefficient (Wildman–Crippen LogP) is 1.54. The molecule has 0 amide bonds. The molecule has 0 fully saturated rings. The molecule has 3 aromatic rings. The van der Waals surface area contributed by atoms with Gasteiger partial charge in [-0.25, -0.2) is 0 Å². The van der Waals surface area contributed by atoms with E-state index in [1.807, 2.05) is 36.4 Å². The van der Waals surface area contributed by atoms with Crippen LogP contribution in [0.5, 0.6) is 11.5 Å². The van der Waals surface area contributed by atoms with Crippen molar-refractivity contribution < 1.29 is 19.7 Å². The first kappa shape index (κ1) is 23.6. The van der Waals surface area contributed by atoms with Gasteiger partial charge in [-0.3, -0.25) is 9.97 Å². The summed E-state index contributed by atoms with van der Waals surface area (Å²) in [5.41, 5.74) is 1.84. The number of hydrogen-bond acceptors (Lipinski definition) is 8. The van der Waals surface area contributed by atoms with Crippen LogP contribution in [0.25, 0.3) is 0 Å². The Morgan fingerprint density at radius 1 is 0.656 bits per heavy atom. The molecule has 1 aromatic carbocycles. The molecule has 2 aromatic heterocycles. The van der Waals surface area contributed by atoms with Crippen LogP contribution in [0.15, 0.2) is 73.1 Å². The lowest BCUT2D eigenvalue weighted by Gasteiger charge is -2.15. The van der Waals surface area contributed by atoms with Crippen LogP contribution in [0.2, 0.25) is 0 Å². The Kier molecular flexibility index (Phi) is 9.88. The van der Waals surface area contributed by atoms with Gasteiger partial charge in [0.1, 0.15) is 36.9 Å². The van der Waals surface area contributed by atoms with Crippen molar-refractivity contribution in [2.24, 2.45) is 0 Å². The number of aromatic nitrogens is 2. The summed E-state index contributed by atoms with van der Waals surface area (Å²) in [7, 11) is 0. The zero-order valence-corrected chi connectivity index (χ0v) is 17.9. The van der Waals surface area contributed by atoms with Gasteiger partial charge in [0.25, 0.3) is 0 Å². The molecule has 0 bridgehead atoms. The van der Waals surface area contributed by atoms with E-state index < -0.39 is 12.2 Å². The average molecular weight is 439 g/mol. The molecule has 0 saturated carbocycles. The first-order chi connectivity index (χ1) is 15.7. The Morgan fingerprint density at radius 3 is 1.47 bits per heavy atom. The van der Waals surface area contributed by atoms with E-state index >= 15 is 0 Å². The summed E-state index contributed by atoms with van der Waals surface area (Å²) in [5, 5.41) is 26.4. The highest BCUT2D eigenvalue weighted by molar-refractivity contribution is 5.31. The van der Waals surface area contributed by atoms with Gasteiger partial charge in [0.15, 0.2) is 0 Å². The molecule has 0 aliphatic carbocycles. The fourth-order valence-electron chi connectivity index (χ4n) is 2.87. The zero-order valence-electron chi connectivity index (χ0n) is 17.9. The summed E-state index contributed by atoms with van der Waals surface area (Å²) in [6.45, 7) is 2.35. The lowest BCUT2D eigenvalue weighted by molar-refractivity contribution is 0.104. The Morgan fingerprint density at radius 2 is 1.09 bits per heavy atom. The van der Waals surface area contributed by atoms with Crippen molar-refractivity contribution in [1.82, 2.24) is 20.6 Å². The molecule has 32 heavy (non-hydrogen) atoms. The van der Waals surface area contributed by atoms with Crippen LogP contribution in [0.1, 0.15) is 11.4 Å². The number of pyridine rings is 2. The summed E-state index contributed by atoms with van der Waals surface area (Å²) < 4.78 is 11.2. The maximum absolute atomic E-state index is 10.1. The fourth-order valence-corrected chi connectivity index (χ4v) is 2.87.